The van der Waals surface area contributed by atoms with Crippen LogP contribution >= 0.6 is 0 Å². The average Bonchev–Trinajstić information content (AvgIpc) is 3.08. The molecule has 1 aliphatic rings. The monoisotopic (exact) mass is 343 g/mol. The third kappa shape index (κ3) is 3.62. The number of carbonyl (C=O) groups is 2. The molecule has 1 aliphatic heterocycles. The Labute approximate surface area is 145 Å². The van der Waals surface area contributed by atoms with Crippen LogP contribution < -0.4 is 15.4 Å². The lowest BCUT2D eigenvalue weighted by Crippen LogP contribution is -2.36. The van der Waals surface area contributed by atoms with Crippen molar-refractivity contribution >= 4 is 17.5 Å². The molecule has 2 N–H and O–H groups in total. The molecule has 1 atom stereocenters. The second-order valence-corrected chi connectivity index (χ2v) is 5.83. The number of fused-ring (bicyclic) bond motifs is 1. The quantitative estimate of drug-likeness (QED) is 0.818. The molecule has 0 saturated heterocycles. The zero-order valence-electron chi connectivity index (χ0n) is 14.3. The molecule has 132 valence electrons. The normalized spacial score (nSPS) is 16.1. The number of aryl methyl sites for hydroxylation is 1. The first kappa shape index (κ1) is 16.9. The first-order valence-electron chi connectivity index (χ1n) is 8.24. The largest absolute Gasteiger partial charge is 0.497 e. The highest BCUT2D eigenvalue weighted by atomic mass is 16.5. The van der Waals surface area contributed by atoms with E-state index < -0.39 is 5.92 Å². The van der Waals surface area contributed by atoms with E-state index in [-0.39, 0.29) is 18.2 Å². The molecule has 25 heavy (non-hydrogen) atoms. The zero-order chi connectivity index (χ0) is 17.8. The molecule has 8 nitrogen and oxygen atoms in total. The van der Waals surface area contributed by atoms with Gasteiger partial charge >= 0.3 is 0 Å². The molecule has 2 amide bonds. The van der Waals surface area contributed by atoms with Gasteiger partial charge in [0.25, 0.3) is 0 Å². The van der Waals surface area contributed by atoms with Gasteiger partial charge in [0, 0.05) is 31.6 Å². The second kappa shape index (κ2) is 7.33. The molecule has 2 aromatic rings. The summed E-state index contributed by atoms with van der Waals surface area (Å²) in [5.74, 6) is 0.619. The van der Waals surface area contributed by atoms with Crippen LogP contribution in [-0.4, -0.2) is 40.2 Å². The minimum Gasteiger partial charge on any atom is -0.497 e. The minimum absolute atomic E-state index is 0.122. The highest BCUT2D eigenvalue weighted by molar-refractivity contribution is 6.01. The maximum atomic E-state index is 12.6. The third-order valence-electron chi connectivity index (χ3n) is 4.30. The van der Waals surface area contributed by atoms with E-state index in [1.54, 1.807) is 31.6 Å². The number of hydrogen-bond donors (Lipinski definition) is 2. The fraction of sp³-hybridized carbons (Fsp3) is 0.412. The van der Waals surface area contributed by atoms with E-state index in [9.17, 15) is 9.59 Å². The lowest BCUT2D eigenvalue weighted by atomic mass is 9.89. The Kier molecular flexibility index (Phi) is 4.97. The molecule has 0 aliphatic carbocycles. The van der Waals surface area contributed by atoms with E-state index in [2.05, 4.69) is 20.8 Å². The molecule has 0 bridgehead atoms. The second-order valence-electron chi connectivity index (χ2n) is 5.83. The van der Waals surface area contributed by atoms with Gasteiger partial charge in [0.1, 0.15) is 17.9 Å². The Morgan fingerprint density at radius 3 is 3.08 bits per heavy atom. The fourth-order valence-electron chi connectivity index (χ4n) is 2.96. The first-order chi connectivity index (χ1) is 12.1. The van der Waals surface area contributed by atoms with Crippen LogP contribution in [0.15, 0.2) is 24.5 Å². The van der Waals surface area contributed by atoms with Gasteiger partial charge in [0.2, 0.25) is 11.8 Å². The van der Waals surface area contributed by atoms with Crippen LogP contribution in [-0.2, 0) is 22.6 Å². The number of anilines is 1. The van der Waals surface area contributed by atoms with Crippen molar-refractivity contribution in [2.24, 2.45) is 0 Å². The number of benzene rings is 1. The van der Waals surface area contributed by atoms with E-state index in [1.165, 1.54) is 0 Å². The van der Waals surface area contributed by atoms with Crippen LogP contribution in [0, 0.1) is 0 Å². The summed E-state index contributed by atoms with van der Waals surface area (Å²) in [4.78, 5) is 24.5. The van der Waals surface area contributed by atoms with E-state index in [0.29, 0.717) is 24.4 Å². The number of nitrogens with zero attached hydrogens (tertiary/aromatic N) is 3. The molecule has 2 heterocycles. The van der Waals surface area contributed by atoms with Crippen LogP contribution in [0.25, 0.3) is 0 Å². The first-order valence-corrected chi connectivity index (χ1v) is 8.24. The van der Waals surface area contributed by atoms with Crippen molar-refractivity contribution in [3.8, 4) is 5.75 Å². The summed E-state index contributed by atoms with van der Waals surface area (Å²) in [6.07, 6.45) is 2.38. The molecule has 1 aromatic heterocycles. The highest BCUT2D eigenvalue weighted by Crippen LogP contribution is 2.34. The predicted molar refractivity (Wildman–Crippen MR) is 91.4 cm³/mol. The van der Waals surface area contributed by atoms with Gasteiger partial charge in [-0.25, -0.2) is 0 Å². The number of aromatic nitrogens is 3. The Balaban J connectivity index is 1.69. The van der Waals surface area contributed by atoms with E-state index >= 15 is 0 Å². The molecule has 0 saturated carbocycles. The van der Waals surface area contributed by atoms with Gasteiger partial charge in [-0.15, -0.1) is 10.2 Å². The van der Waals surface area contributed by atoms with E-state index in [4.69, 9.17) is 4.74 Å². The Hall–Kier alpha value is -2.90. The van der Waals surface area contributed by atoms with Gasteiger partial charge < -0.3 is 19.9 Å². The van der Waals surface area contributed by atoms with Gasteiger partial charge in [-0.05, 0) is 30.7 Å². The summed E-state index contributed by atoms with van der Waals surface area (Å²) in [5.41, 5.74) is 1.43. The number of methoxy groups -OCH3 is 1. The van der Waals surface area contributed by atoms with Crippen molar-refractivity contribution < 1.29 is 14.3 Å². The molecule has 3 rings (SSSR count). The van der Waals surface area contributed by atoms with Gasteiger partial charge in [-0.3, -0.25) is 9.59 Å². The number of amides is 2. The van der Waals surface area contributed by atoms with Gasteiger partial charge in [-0.2, -0.15) is 0 Å². The Bertz CT molecular complexity index is 786. The van der Waals surface area contributed by atoms with Crippen LogP contribution in [0.1, 0.15) is 30.7 Å². The summed E-state index contributed by atoms with van der Waals surface area (Å²) >= 11 is 0. The topological polar surface area (TPSA) is 98.1 Å². The highest BCUT2D eigenvalue weighted by Gasteiger charge is 2.30. The molecular formula is C17H21N5O3. The summed E-state index contributed by atoms with van der Waals surface area (Å²) in [6, 6.07) is 5.32. The summed E-state index contributed by atoms with van der Waals surface area (Å²) in [5, 5.41) is 13.6. The Morgan fingerprint density at radius 1 is 1.48 bits per heavy atom. The maximum Gasteiger partial charge on any atom is 0.228 e. The Morgan fingerprint density at radius 2 is 2.32 bits per heavy atom. The molecule has 0 radical (unpaired) electrons. The van der Waals surface area contributed by atoms with Crippen LogP contribution in [0.5, 0.6) is 5.75 Å². The number of rotatable bonds is 6. The summed E-state index contributed by atoms with van der Waals surface area (Å²) in [7, 11) is 1.57. The lowest BCUT2D eigenvalue weighted by molar-refractivity contribution is -0.126. The van der Waals surface area contributed by atoms with Crippen molar-refractivity contribution in [1.82, 2.24) is 20.1 Å². The molecule has 1 aromatic carbocycles. The lowest BCUT2D eigenvalue weighted by Gasteiger charge is -2.25. The molecular weight excluding hydrogens is 322 g/mol. The molecule has 8 heteroatoms. The van der Waals surface area contributed by atoms with Crippen molar-refractivity contribution in [2.75, 3.05) is 19.0 Å². The average molecular weight is 343 g/mol. The molecule has 0 spiro atoms. The number of ether oxygens (including phenoxy) is 1. The molecule has 0 unspecified atom stereocenters. The molecule has 0 fully saturated rings. The van der Waals surface area contributed by atoms with E-state index in [0.717, 1.165) is 17.9 Å². The van der Waals surface area contributed by atoms with Gasteiger partial charge in [0.05, 0.1) is 13.0 Å². The number of carbonyl (C=O) groups excluding carboxylic acids is 2. The van der Waals surface area contributed by atoms with Crippen molar-refractivity contribution in [3.63, 3.8) is 0 Å². The SMILES string of the molecule is CCn1cnnc1CCNC(=O)[C@@H]1CC(=O)Nc2ccc(OC)cc21. The van der Waals surface area contributed by atoms with Gasteiger partial charge in [-0.1, -0.05) is 0 Å². The number of hydrogen-bond acceptors (Lipinski definition) is 5. The third-order valence-corrected chi connectivity index (χ3v) is 4.30. The zero-order valence-corrected chi connectivity index (χ0v) is 14.3. The van der Waals surface area contributed by atoms with Crippen LogP contribution in [0.2, 0.25) is 0 Å². The van der Waals surface area contributed by atoms with Crippen molar-refractivity contribution in [3.05, 3.63) is 35.9 Å². The minimum atomic E-state index is -0.525. The number of nitrogens with one attached hydrogen (secondary N) is 2. The van der Waals surface area contributed by atoms with Crippen LogP contribution in [0.4, 0.5) is 5.69 Å². The van der Waals surface area contributed by atoms with Crippen molar-refractivity contribution in [2.45, 2.75) is 32.2 Å². The van der Waals surface area contributed by atoms with Gasteiger partial charge in [0.15, 0.2) is 0 Å². The smallest absolute Gasteiger partial charge is 0.228 e. The summed E-state index contributed by atoms with van der Waals surface area (Å²) < 4.78 is 7.16. The fourth-order valence-corrected chi connectivity index (χ4v) is 2.96. The van der Waals surface area contributed by atoms with E-state index in [1.807, 2.05) is 11.5 Å². The van der Waals surface area contributed by atoms with Crippen LogP contribution in [0.3, 0.4) is 0 Å². The predicted octanol–water partition coefficient (Wildman–Crippen LogP) is 1.09. The maximum absolute atomic E-state index is 12.6. The standard InChI is InChI=1S/C17H21N5O3/c1-3-22-10-19-21-15(22)6-7-18-17(24)13-9-16(23)20-14-5-4-11(25-2)8-12(13)14/h4-5,8,10,13H,3,6-7,9H2,1-2H3,(H,18,24)(H,20,23)/t13-/m1/s1. The van der Waals surface area contributed by atoms with Crippen molar-refractivity contribution in [1.29, 1.82) is 0 Å². The summed E-state index contributed by atoms with van der Waals surface area (Å²) in [6.45, 7) is 3.23.